The zero-order valence-corrected chi connectivity index (χ0v) is 9.88. The Bertz CT molecular complexity index is 645. The lowest BCUT2D eigenvalue weighted by Crippen LogP contribution is -2.15. The molecule has 0 aliphatic heterocycles. The summed E-state index contributed by atoms with van der Waals surface area (Å²) in [7, 11) is 0. The highest BCUT2D eigenvalue weighted by molar-refractivity contribution is 6.04. The molecule has 7 heteroatoms. The summed E-state index contributed by atoms with van der Waals surface area (Å²) in [5.41, 5.74) is 4.66. The molecule has 20 heavy (non-hydrogen) atoms. The van der Waals surface area contributed by atoms with Crippen molar-refractivity contribution in [3.8, 4) is 0 Å². The maximum atomic E-state index is 13.4. The predicted molar refractivity (Wildman–Crippen MR) is 65.1 cm³/mol. The van der Waals surface area contributed by atoms with Gasteiger partial charge in [-0.15, -0.1) is 0 Å². The van der Waals surface area contributed by atoms with E-state index >= 15 is 0 Å². The summed E-state index contributed by atoms with van der Waals surface area (Å²) >= 11 is 0. The standard InChI is InChI=1S/C13H8F4N2O/c14-8-5-9(15)11(17)12(10(8)16)19-13(20)6-1-3-7(18)4-2-6/h1-5H,18H2,(H,19,20). The van der Waals surface area contributed by atoms with E-state index < -0.39 is 34.9 Å². The average molecular weight is 284 g/mol. The van der Waals surface area contributed by atoms with Gasteiger partial charge in [0.15, 0.2) is 23.3 Å². The highest BCUT2D eigenvalue weighted by Crippen LogP contribution is 2.24. The third-order valence-electron chi connectivity index (χ3n) is 2.52. The van der Waals surface area contributed by atoms with Crippen LogP contribution in [0.5, 0.6) is 0 Å². The van der Waals surface area contributed by atoms with Crippen LogP contribution in [0.25, 0.3) is 0 Å². The Kier molecular flexibility index (Phi) is 3.60. The van der Waals surface area contributed by atoms with Gasteiger partial charge in [-0.05, 0) is 24.3 Å². The number of amides is 1. The smallest absolute Gasteiger partial charge is 0.255 e. The fourth-order valence-electron chi connectivity index (χ4n) is 1.50. The monoisotopic (exact) mass is 284 g/mol. The number of halogens is 4. The first-order chi connectivity index (χ1) is 9.40. The van der Waals surface area contributed by atoms with Crippen molar-refractivity contribution in [3.05, 3.63) is 59.2 Å². The quantitative estimate of drug-likeness (QED) is 0.506. The normalized spacial score (nSPS) is 10.4. The second-order valence-corrected chi connectivity index (χ2v) is 3.92. The molecule has 1 amide bonds. The summed E-state index contributed by atoms with van der Waals surface area (Å²) in [6.45, 7) is 0. The summed E-state index contributed by atoms with van der Waals surface area (Å²) in [4.78, 5) is 11.7. The Morgan fingerprint density at radius 1 is 0.950 bits per heavy atom. The lowest BCUT2D eigenvalue weighted by Gasteiger charge is -2.09. The van der Waals surface area contributed by atoms with Crippen molar-refractivity contribution in [2.24, 2.45) is 0 Å². The van der Waals surface area contributed by atoms with Crippen LogP contribution in [-0.4, -0.2) is 5.91 Å². The zero-order valence-electron chi connectivity index (χ0n) is 9.88. The molecule has 0 unspecified atom stereocenters. The fraction of sp³-hybridized carbons (Fsp3) is 0. The Labute approximate surface area is 111 Å². The van der Waals surface area contributed by atoms with Crippen LogP contribution in [0.2, 0.25) is 0 Å². The van der Waals surface area contributed by atoms with E-state index in [4.69, 9.17) is 5.73 Å². The molecule has 0 saturated carbocycles. The number of carbonyl (C=O) groups excluding carboxylic acids is 1. The van der Waals surface area contributed by atoms with Crippen LogP contribution in [0, 0.1) is 23.3 Å². The number of nitrogens with two attached hydrogens (primary N) is 1. The first kappa shape index (κ1) is 13.9. The Morgan fingerprint density at radius 2 is 1.45 bits per heavy atom. The van der Waals surface area contributed by atoms with Crippen LogP contribution >= 0.6 is 0 Å². The van der Waals surface area contributed by atoms with E-state index in [1.54, 1.807) is 5.32 Å². The van der Waals surface area contributed by atoms with Crippen molar-refractivity contribution < 1.29 is 22.4 Å². The van der Waals surface area contributed by atoms with Crippen LogP contribution in [0.4, 0.5) is 28.9 Å². The second kappa shape index (κ2) is 5.20. The number of rotatable bonds is 2. The molecule has 2 rings (SSSR count). The Hall–Kier alpha value is -2.57. The molecule has 0 aromatic heterocycles. The van der Waals surface area contributed by atoms with Gasteiger partial charge in [-0.2, -0.15) is 0 Å². The molecule has 0 aliphatic rings. The summed E-state index contributed by atoms with van der Waals surface area (Å²) < 4.78 is 52.7. The van der Waals surface area contributed by atoms with Gasteiger partial charge in [-0.25, -0.2) is 17.6 Å². The highest BCUT2D eigenvalue weighted by atomic mass is 19.2. The summed E-state index contributed by atoms with van der Waals surface area (Å²) in [6.07, 6.45) is 0. The first-order valence-electron chi connectivity index (χ1n) is 5.40. The zero-order chi connectivity index (χ0) is 14.9. The van der Waals surface area contributed by atoms with Crippen molar-refractivity contribution in [1.29, 1.82) is 0 Å². The van der Waals surface area contributed by atoms with Crippen LogP contribution < -0.4 is 11.1 Å². The number of anilines is 2. The molecule has 104 valence electrons. The van der Waals surface area contributed by atoms with E-state index in [-0.39, 0.29) is 11.6 Å². The first-order valence-corrected chi connectivity index (χ1v) is 5.40. The van der Waals surface area contributed by atoms with Crippen LogP contribution in [0.15, 0.2) is 30.3 Å². The number of hydrogen-bond donors (Lipinski definition) is 2. The van der Waals surface area contributed by atoms with Gasteiger partial charge in [0.2, 0.25) is 0 Å². The molecule has 0 spiro atoms. The van der Waals surface area contributed by atoms with Gasteiger partial charge in [-0.3, -0.25) is 4.79 Å². The van der Waals surface area contributed by atoms with Gasteiger partial charge in [0.1, 0.15) is 5.69 Å². The molecular weight excluding hydrogens is 276 g/mol. The topological polar surface area (TPSA) is 55.1 Å². The second-order valence-electron chi connectivity index (χ2n) is 3.92. The molecule has 2 aromatic carbocycles. The largest absolute Gasteiger partial charge is 0.399 e. The molecule has 0 saturated heterocycles. The summed E-state index contributed by atoms with van der Waals surface area (Å²) in [6, 6.07) is 5.46. The fourth-order valence-corrected chi connectivity index (χ4v) is 1.50. The predicted octanol–water partition coefficient (Wildman–Crippen LogP) is 3.08. The number of benzene rings is 2. The summed E-state index contributed by atoms with van der Waals surface area (Å²) in [5, 5.41) is 1.79. The lowest BCUT2D eigenvalue weighted by molar-refractivity contribution is 0.102. The van der Waals surface area contributed by atoms with Crippen LogP contribution in [-0.2, 0) is 0 Å². The van der Waals surface area contributed by atoms with Crippen LogP contribution in [0.3, 0.4) is 0 Å². The molecule has 2 aromatic rings. The van der Waals surface area contributed by atoms with Crippen molar-refractivity contribution >= 4 is 17.3 Å². The minimum Gasteiger partial charge on any atom is -0.399 e. The van der Waals surface area contributed by atoms with Crippen molar-refractivity contribution in [2.45, 2.75) is 0 Å². The minimum atomic E-state index is -1.67. The van der Waals surface area contributed by atoms with E-state index in [1.807, 2.05) is 0 Å². The van der Waals surface area contributed by atoms with Gasteiger partial charge in [0.05, 0.1) is 0 Å². The maximum Gasteiger partial charge on any atom is 0.255 e. The van der Waals surface area contributed by atoms with Gasteiger partial charge in [-0.1, -0.05) is 0 Å². The molecular formula is C13H8F4N2O. The van der Waals surface area contributed by atoms with E-state index in [0.29, 0.717) is 5.69 Å². The van der Waals surface area contributed by atoms with Crippen molar-refractivity contribution in [1.82, 2.24) is 0 Å². The SMILES string of the molecule is Nc1ccc(C(=O)Nc2c(F)c(F)cc(F)c2F)cc1. The van der Waals surface area contributed by atoms with E-state index in [0.717, 1.165) is 0 Å². The molecule has 0 fully saturated rings. The van der Waals surface area contributed by atoms with Gasteiger partial charge < -0.3 is 11.1 Å². The number of nitrogen functional groups attached to an aromatic ring is 1. The Balaban J connectivity index is 2.35. The average Bonchev–Trinajstić information content (AvgIpc) is 2.42. The number of carbonyl (C=O) groups is 1. The molecule has 0 radical (unpaired) electrons. The van der Waals surface area contributed by atoms with Crippen LogP contribution in [0.1, 0.15) is 10.4 Å². The van der Waals surface area contributed by atoms with E-state index in [9.17, 15) is 22.4 Å². The maximum absolute atomic E-state index is 13.4. The Morgan fingerprint density at radius 3 is 1.95 bits per heavy atom. The molecule has 0 heterocycles. The van der Waals surface area contributed by atoms with Gasteiger partial charge in [0.25, 0.3) is 5.91 Å². The summed E-state index contributed by atoms with van der Waals surface area (Å²) in [5.74, 6) is -7.47. The van der Waals surface area contributed by atoms with E-state index in [1.165, 1.54) is 24.3 Å². The number of nitrogens with one attached hydrogen (secondary N) is 1. The molecule has 3 N–H and O–H groups in total. The number of hydrogen-bond acceptors (Lipinski definition) is 2. The van der Waals surface area contributed by atoms with Crippen molar-refractivity contribution in [2.75, 3.05) is 11.1 Å². The molecule has 0 atom stereocenters. The molecule has 0 bridgehead atoms. The van der Waals surface area contributed by atoms with Gasteiger partial charge >= 0.3 is 0 Å². The third-order valence-corrected chi connectivity index (χ3v) is 2.52. The van der Waals surface area contributed by atoms with Crippen molar-refractivity contribution in [3.63, 3.8) is 0 Å². The molecule has 0 aliphatic carbocycles. The molecule has 3 nitrogen and oxygen atoms in total. The van der Waals surface area contributed by atoms with E-state index in [2.05, 4.69) is 0 Å². The van der Waals surface area contributed by atoms with Gasteiger partial charge in [0, 0.05) is 17.3 Å². The highest BCUT2D eigenvalue weighted by Gasteiger charge is 2.21. The lowest BCUT2D eigenvalue weighted by atomic mass is 10.2. The third kappa shape index (κ3) is 2.56. The minimum absolute atomic E-state index is 0.0302.